The number of carbonyl (C=O) groups is 1. The summed E-state index contributed by atoms with van der Waals surface area (Å²) in [6, 6.07) is 5.99. The molecule has 2 saturated heterocycles. The molecule has 0 aliphatic carbocycles. The highest BCUT2D eigenvalue weighted by Crippen LogP contribution is 2.33. The van der Waals surface area contributed by atoms with Gasteiger partial charge in [-0.1, -0.05) is 12.1 Å². The van der Waals surface area contributed by atoms with Gasteiger partial charge in [-0.25, -0.2) is 18.6 Å². The van der Waals surface area contributed by atoms with Crippen LogP contribution in [0.4, 0.5) is 14.5 Å². The quantitative estimate of drug-likeness (QED) is 0.473. The molecule has 2 fully saturated rings. The van der Waals surface area contributed by atoms with Crippen molar-refractivity contribution in [2.75, 3.05) is 32.8 Å². The molecule has 0 N–H and O–H groups in total. The summed E-state index contributed by atoms with van der Waals surface area (Å²) in [4.78, 5) is 24.1. The van der Waals surface area contributed by atoms with Gasteiger partial charge in [-0.05, 0) is 28.1 Å². The molecule has 0 bridgehead atoms. The Labute approximate surface area is 220 Å². The van der Waals surface area contributed by atoms with Gasteiger partial charge in [0.15, 0.2) is 5.82 Å². The topological polar surface area (TPSA) is 93.6 Å². The zero-order valence-corrected chi connectivity index (χ0v) is 21.0. The molecule has 190 valence electrons. The lowest BCUT2D eigenvalue weighted by Crippen LogP contribution is -2.59. The molecule has 2 atom stereocenters. The summed E-state index contributed by atoms with van der Waals surface area (Å²) >= 11 is 0. The number of fused-ring (bicyclic) bond motifs is 1. The van der Waals surface area contributed by atoms with Gasteiger partial charge in [-0.15, -0.1) is 5.10 Å². The molecule has 4 heterocycles. The van der Waals surface area contributed by atoms with E-state index in [1.54, 1.807) is 17.2 Å². The van der Waals surface area contributed by atoms with Gasteiger partial charge in [-0.2, -0.15) is 31.7 Å². The van der Waals surface area contributed by atoms with Crippen molar-refractivity contribution in [1.82, 2.24) is 35.0 Å². The predicted molar refractivity (Wildman–Crippen MR) is 135 cm³/mol. The van der Waals surface area contributed by atoms with Crippen molar-refractivity contribution in [3.05, 3.63) is 71.0 Å². The number of nitrogens with zero attached hydrogens (tertiary/aromatic N) is 8. The van der Waals surface area contributed by atoms with E-state index >= 15 is 0 Å². The zero-order valence-electron chi connectivity index (χ0n) is 19.0. The van der Waals surface area contributed by atoms with Crippen molar-refractivity contribution in [3.8, 4) is 5.82 Å². The van der Waals surface area contributed by atoms with Crippen LogP contribution < -0.4 is 0 Å². The highest BCUT2D eigenvalue weighted by molar-refractivity contribution is 7.59. The first kappa shape index (κ1) is 27.5. The molecular formula is C22H24F2N8O2S2. The Kier molecular flexibility index (Phi) is 8.96. The summed E-state index contributed by atoms with van der Waals surface area (Å²) in [7, 11) is 0. The Balaban J connectivity index is 0.00000180. The van der Waals surface area contributed by atoms with Crippen LogP contribution in [0, 0.1) is 18.2 Å². The van der Waals surface area contributed by atoms with E-state index in [1.165, 1.54) is 17.1 Å². The maximum absolute atomic E-state index is 14.6. The minimum absolute atomic E-state index is 0. The molecule has 0 saturated carbocycles. The monoisotopic (exact) mass is 534 g/mol. The summed E-state index contributed by atoms with van der Waals surface area (Å²) in [5, 5.41) is 10.9. The first-order valence-electron chi connectivity index (χ1n) is 10.7. The molecule has 0 radical (unpaired) electrons. The largest absolute Gasteiger partial charge is 0.370 e. The van der Waals surface area contributed by atoms with Gasteiger partial charge >= 0.3 is 0 Å². The molecule has 5 rings (SSSR count). The standard InChI is InChI=1S/C22H20F2N8O2.2H2S/c1-25-22-17(23)4-3-16(21(22)24)18-11-30-6-7-31(10-15(30)12-34-18)20(33)8-14-2-5-19(26-9-14)32-13-27-28-29-32;;/h2-5,9,13,15,18H,6-8,10-12H2;2*1H2/t15-,18+;;/m0../s1. The zero-order chi connectivity index (χ0) is 23.7. The number of carbonyl (C=O) groups excluding carboxylic acids is 1. The normalized spacial score (nSPS) is 19.4. The highest BCUT2D eigenvalue weighted by atomic mass is 32.1. The smallest absolute Gasteiger partial charge is 0.257 e. The Morgan fingerprint density at radius 2 is 2.00 bits per heavy atom. The number of ether oxygens (including phenoxy) is 1. The van der Waals surface area contributed by atoms with Gasteiger partial charge in [0.25, 0.3) is 5.69 Å². The molecule has 14 heteroatoms. The van der Waals surface area contributed by atoms with Crippen LogP contribution in [0.3, 0.4) is 0 Å². The van der Waals surface area contributed by atoms with Gasteiger partial charge in [-0.3, -0.25) is 9.69 Å². The van der Waals surface area contributed by atoms with E-state index < -0.39 is 23.4 Å². The van der Waals surface area contributed by atoms with Gasteiger partial charge < -0.3 is 9.64 Å². The van der Waals surface area contributed by atoms with Gasteiger partial charge in [0.1, 0.15) is 18.0 Å². The maximum Gasteiger partial charge on any atom is 0.257 e. The summed E-state index contributed by atoms with van der Waals surface area (Å²) in [5.74, 6) is -1.20. The average Bonchev–Trinajstić information content (AvgIpc) is 3.39. The third kappa shape index (κ3) is 5.49. The van der Waals surface area contributed by atoms with Crippen molar-refractivity contribution < 1.29 is 18.3 Å². The van der Waals surface area contributed by atoms with Crippen LogP contribution in [0.5, 0.6) is 0 Å². The summed E-state index contributed by atoms with van der Waals surface area (Å²) in [6.07, 6.45) is 2.70. The maximum atomic E-state index is 14.6. The number of morpholine rings is 1. The Hall–Kier alpha value is -3.12. The second-order valence-corrected chi connectivity index (χ2v) is 8.18. The van der Waals surface area contributed by atoms with Crippen LogP contribution in [-0.2, 0) is 16.0 Å². The fourth-order valence-corrected chi connectivity index (χ4v) is 4.32. The van der Waals surface area contributed by atoms with Crippen LogP contribution in [0.1, 0.15) is 17.2 Å². The molecule has 2 aromatic heterocycles. The number of halogens is 2. The number of pyridine rings is 1. The fraction of sp³-hybridized carbons (Fsp3) is 0.364. The second-order valence-electron chi connectivity index (χ2n) is 8.18. The number of piperazine rings is 1. The molecule has 10 nitrogen and oxygen atoms in total. The van der Waals surface area contributed by atoms with Crippen molar-refractivity contribution in [2.24, 2.45) is 0 Å². The van der Waals surface area contributed by atoms with E-state index in [0.717, 1.165) is 11.6 Å². The molecule has 0 unspecified atom stereocenters. The summed E-state index contributed by atoms with van der Waals surface area (Å²) < 4.78 is 35.6. The minimum atomic E-state index is -0.877. The van der Waals surface area contributed by atoms with Crippen molar-refractivity contribution in [3.63, 3.8) is 0 Å². The molecule has 36 heavy (non-hydrogen) atoms. The molecule has 0 spiro atoms. The lowest BCUT2D eigenvalue weighted by atomic mass is 10.0. The molecule has 2 aliphatic heterocycles. The second kappa shape index (κ2) is 11.7. The van der Waals surface area contributed by atoms with Crippen LogP contribution in [0.25, 0.3) is 10.7 Å². The number of amides is 1. The third-order valence-electron chi connectivity index (χ3n) is 6.15. The summed E-state index contributed by atoms with van der Waals surface area (Å²) in [6.45, 7) is 9.39. The van der Waals surface area contributed by atoms with E-state index in [2.05, 4.69) is 30.3 Å². The molecular weight excluding hydrogens is 510 g/mol. The van der Waals surface area contributed by atoms with Crippen LogP contribution >= 0.6 is 27.0 Å². The lowest BCUT2D eigenvalue weighted by Gasteiger charge is -2.46. The average molecular weight is 535 g/mol. The molecule has 2 aliphatic rings. The molecule has 1 amide bonds. The number of rotatable bonds is 4. The van der Waals surface area contributed by atoms with Crippen LogP contribution in [0.15, 0.2) is 36.8 Å². The third-order valence-corrected chi connectivity index (χ3v) is 6.15. The van der Waals surface area contributed by atoms with E-state index in [1.807, 2.05) is 6.07 Å². The molecule has 1 aromatic carbocycles. The highest BCUT2D eigenvalue weighted by Gasteiger charge is 2.36. The first-order chi connectivity index (χ1) is 16.5. The Morgan fingerprint density at radius 1 is 1.17 bits per heavy atom. The van der Waals surface area contributed by atoms with Gasteiger partial charge in [0, 0.05) is 37.9 Å². The Bertz CT molecular complexity index is 1240. The summed E-state index contributed by atoms with van der Waals surface area (Å²) in [5.41, 5.74) is 0.354. The SMILES string of the molecule is S.S.[C-]#[N+]c1c(F)ccc([C@H]2CN3CCN(C(=O)Cc4ccc(-n5cnnn5)nc4)C[C@H]3CO2)c1F. The van der Waals surface area contributed by atoms with Crippen molar-refractivity contribution in [1.29, 1.82) is 0 Å². The number of hydrogen-bond donors (Lipinski definition) is 0. The fourth-order valence-electron chi connectivity index (χ4n) is 4.32. The van der Waals surface area contributed by atoms with Crippen LogP contribution in [-0.4, -0.2) is 79.7 Å². The van der Waals surface area contributed by atoms with Crippen molar-refractivity contribution in [2.45, 2.75) is 18.6 Å². The Morgan fingerprint density at radius 3 is 2.69 bits per heavy atom. The minimum Gasteiger partial charge on any atom is -0.370 e. The number of aromatic nitrogens is 5. The van der Waals surface area contributed by atoms with Gasteiger partial charge in [0.2, 0.25) is 5.91 Å². The number of hydrogen-bond acceptors (Lipinski definition) is 7. The van der Waals surface area contributed by atoms with Gasteiger partial charge in [0.05, 0.1) is 31.7 Å². The number of tetrazole rings is 1. The van der Waals surface area contributed by atoms with Crippen molar-refractivity contribution >= 4 is 38.6 Å². The van der Waals surface area contributed by atoms with E-state index in [9.17, 15) is 13.6 Å². The van der Waals surface area contributed by atoms with E-state index in [-0.39, 0.29) is 50.9 Å². The predicted octanol–water partition coefficient (Wildman–Crippen LogP) is 1.94. The molecule has 3 aromatic rings. The lowest BCUT2D eigenvalue weighted by molar-refractivity contribution is -0.139. The van der Waals surface area contributed by atoms with E-state index in [4.69, 9.17) is 11.3 Å². The van der Waals surface area contributed by atoms with Crippen LogP contribution in [0.2, 0.25) is 0 Å². The first-order valence-corrected chi connectivity index (χ1v) is 10.7. The van der Waals surface area contributed by atoms with E-state index in [0.29, 0.717) is 38.6 Å². The number of benzene rings is 1.